The summed E-state index contributed by atoms with van der Waals surface area (Å²) in [7, 11) is 0. The molecule has 0 saturated heterocycles. The summed E-state index contributed by atoms with van der Waals surface area (Å²) < 4.78 is 0. The van der Waals surface area contributed by atoms with Crippen molar-refractivity contribution in [2.24, 2.45) is 0 Å². The Kier molecular flexibility index (Phi) is 1.79. The maximum absolute atomic E-state index is 11.6. The number of hydrogen-bond donors (Lipinski definition) is 3. The summed E-state index contributed by atoms with van der Waals surface area (Å²) in [5, 5.41) is 12.3. The van der Waals surface area contributed by atoms with Crippen LogP contribution in [-0.4, -0.2) is 26.9 Å². The van der Waals surface area contributed by atoms with Crippen LogP contribution in [0.2, 0.25) is 0 Å². The number of carbonyl (C=O) groups excluding carboxylic acids is 2. The number of pyridine rings is 1. The SMILES string of the molecule is O=C1NC(=O)C(c2c[nH]c3ncccc23)=C1O. The van der Waals surface area contributed by atoms with Crippen LogP contribution in [0.3, 0.4) is 0 Å². The molecule has 6 nitrogen and oxygen atoms in total. The molecule has 0 aliphatic carbocycles. The van der Waals surface area contributed by atoms with Gasteiger partial charge in [0.05, 0.1) is 5.57 Å². The normalized spacial score (nSPS) is 15.8. The topological polar surface area (TPSA) is 95.1 Å². The van der Waals surface area contributed by atoms with E-state index in [4.69, 9.17) is 0 Å². The van der Waals surface area contributed by atoms with E-state index in [-0.39, 0.29) is 5.57 Å². The molecular formula is C11H7N3O3. The van der Waals surface area contributed by atoms with Crippen molar-refractivity contribution >= 4 is 28.4 Å². The van der Waals surface area contributed by atoms with Crippen molar-refractivity contribution in [2.75, 3.05) is 0 Å². The molecule has 1 aliphatic heterocycles. The van der Waals surface area contributed by atoms with Crippen molar-refractivity contribution in [3.05, 3.63) is 35.8 Å². The smallest absolute Gasteiger partial charge is 0.293 e. The molecule has 0 saturated carbocycles. The van der Waals surface area contributed by atoms with Gasteiger partial charge < -0.3 is 10.1 Å². The van der Waals surface area contributed by atoms with E-state index in [0.717, 1.165) is 0 Å². The van der Waals surface area contributed by atoms with Crippen molar-refractivity contribution in [3.8, 4) is 0 Å². The first-order chi connectivity index (χ1) is 8.18. The summed E-state index contributed by atoms with van der Waals surface area (Å²) in [4.78, 5) is 29.7. The molecule has 0 radical (unpaired) electrons. The number of aromatic amines is 1. The molecule has 2 amide bonds. The molecule has 6 heteroatoms. The Morgan fingerprint density at radius 1 is 1.24 bits per heavy atom. The minimum Gasteiger partial charge on any atom is -0.502 e. The van der Waals surface area contributed by atoms with E-state index in [2.05, 4.69) is 9.97 Å². The van der Waals surface area contributed by atoms with Crippen molar-refractivity contribution in [2.45, 2.75) is 0 Å². The maximum atomic E-state index is 11.6. The molecule has 0 spiro atoms. The summed E-state index contributed by atoms with van der Waals surface area (Å²) in [6.07, 6.45) is 3.15. The van der Waals surface area contributed by atoms with Crippen LogP contribution in [0.15, 0.2) is 30.3 Å². The molecule has 0 unspecified atom stereocenters. The fraction of sp³-hybridized carbons (Fsp3) is 0. The average Bonchev–Trinajstić information content (AvgIpc) is 2.82. The molecule has 0 bridgehead atoms. The zero-order valence-corrected chi connectivity index (χ0v) is 8.52. The molecule has 0 atom stereocenters. The molecule has 0 aromatic carbocycles. The molecule has 3 heterocycles. The number of fused-ring (bicyclic) bond motifs is 1. The van der Waals surface area contributed by atoms with Gasteiger partial charge in [-0.05, 0) is 12.1 Å². The van der Waals surface area contributed by atoms with Gasteiger partial charge in [-0.15, -0.1) is 0 Å². The first-order valence-electron chi connectivity index (χ1n) is 4.90. The Bertz CT molecular complexity index is 684. The molecule has 1 aliphatic rings. The fourth-order valence-electron chi connectivity index (χ4n) is 1.86. The van der Waals surface area contributed by atoms with Gasteiger partial charge >= 0.3 is 0 Å². The largest absolute Gasteiger partial charge is 0.502 e. The third kappa shape index (κ3) is 1.24. The second-order valence-corrected chi connectivity index (χ2v) is 3.61. The van der Waals surface area contributed by atoms with Crippen LogP contribution in [0.5, 0.6) is 0 Å². The highest BCUT2D eigenvalue weighted by molar-refractivity contribution is 6.36. The highest BCUT2D eigenvalue weighted by Crippen LogP contribution is 2.28. The quantitative estimate of drug-likeness (QED) is 0.620. The van der Waals surface area contributed by atoms with Gasteiger partial charge in [-0.1, -0.05) is 0 Å². The van der Waals surface area contributed by atoms with Gasteiger partial charge in [0.25, 0.3) is 11.8 Å². The highest BCUT2D eigenvalue weighted by atomic mass is 16.3. The molecule has 17 heavy (non-hydrogen) atoms. The predicted molar refractivity (Wildman–Crippen MR) is 58.8 cm³/mol. The average molecular weight is 229 g/mol. The molecule has 0 fully saturated rings. The molecule has 3 N–H and O–H groups in total. The number of aromatic nitrogens is 2. The van der Waals surface area contributed by atoms with Crippen LogP contribution in [0.4, 0.5) is 0 Å². The van der Waals surface area contributed by atoms with E-state index in [1.54, 1.807) is 24.5 Å². The summed E-state index contributed by atoms with van der Waals surface area (Å²) in [6, 6.07) is 3.47. The Hall–Kier alpha value is -2.63. The van der Waals surface area contributed by atoms with E-state index < -0.39 is 17.6 Å². The van der Waals surface area contributed by atoms with Gasteiger partial charge in [0, 0.05) is 23.3 Å². The molecular weight excluding hydrogens is 222 g/mol. The number of imide groups is 1. The third-order valence-corrected chi connectivity index (χ3v) is 2.63. The molecule has 2 aromatic rings. The lowest BCUT2D eigenvalue weighted by molar-refractivity contribution is -0.124. The summed E-state index contributed by atoms with van der Waals surface area (Å²) in [5.41, 5.74) is 1.04. The monoisotopic (exact) mass is 229 g/mol. The van der Waals surface area contributed by atoms with Crippen LogP contribution >= 0.6 is 0 Å². The highest BCUT2D eigenvalue weighted by Gasteiger charge is 2.32. The van der Waals surface area contributed by atoms with E-state index in [0.29, 0.717) is 16.6 Å². The second kappa shape index (κ2) is 3.18. The van der Waals surface area contributed by atoms with Gasteiger partial charge in [-0.3, -0.25) is 14.9 Å². The zero-order valence-electron chi connectivity index (χ0n) is 8.52. The van der Waals surface area contributed by atoms with E-state index in [1.807, 2.05) is 5.32 Å². The minimum absolute atomic E-state index is 0.0192. The van der Waals surface area contributed by atoms with Gasteiger partial charge in [0.1, 0.15) is 5.65 Å². The third-order valence-electron chi connectivity index (χ3n) is 2.63. The Morgan fingerprint density at radius 3 is 2.76 bits per heavy atom. The van der Waals surface area contributed by atoms with E-state index >= 15 is 0 Å². The number of rotatable bonds is 1. The summed E-state index contributed by atoms with van der Waals surface area (Å²) in [6.45, 7) is 0. The van der Waals surface area contributed by atoms with Gasteiger partial charge in [-0.25, -0.2) is 4.98 Å². The lowest BCUT2D eigenvalue weighted by Crippen LogP contribution is -2.22. The van der Waals surface area contributed by atoms with E-state index in [9.17, 15) is 14.7 Å². The van der Waals surface area contributed by atoms with Crippen LogP contribution in [0.25, 0.3) is 16.6 Å². The molecule has 3 rings (SSSR count). The number of carbonyl (C=O) groups is 2. The minimum atomic E-state index is -0.775. The zero-order chi connectivity index (χ0) is 12.0. The van der Waals surface area contributed by atoms with Gasteiger partial charge in [-0.2, -0.15) is 0 Å². The first kappa shape index (κ1) is 9.59. The fourth-order valence-corrected chi connectivity index (χ4v) is 1.86. The number of H-pyrrole nitrogens is 1. The number of nitrogens with one attached hydrogen (secondary N) is 2. The van der Waals surface area contributed by atoms with Crippen molar-refractivity contribution < 1.29 is 14.7 Å². The van der Waals surface area contributed by atoms with E-state index in [1.165, 1.54) is 0 Å². The summed E-state index contributed by atoms with van der Waals surface area (Å²) >= 11 is 0. The maximum Gasteiger partial charge on any atom is 0.293 e. The Balaban J connectivity index is 2.29. The Labute approximate surface area is 95.0 Å². The Morgan fingerprint density at radius 2 is 2.06 bits per heavy atom. The number of aliphatic hydroxyl groups excluding tert-OH is 1. The lowest BCUT2D eigenvalue weighted by Gasteiger charge is -1.97. The van der Waals surface area contributed by atoms with Crippen molar-refractivity contribution in [3.63, 3.8) is 0 Å². The predicted octanol–water partition coefficient (Wildman–Crippen LogP) is 0.488. The number of amides is 2. The molecule has 2 aromatic heterocycles. The van der Waals surface area contributed by atoms with Crippen LogP contribution in [-0.2, 0) is 9.59 Å². The van der Waals surface area contributed by atoms with Crippen molar-refractivity contribution in [1.29, 1.82) is 0 Å². The van der Waals surface area contributed by atoms with Crippen LogP contribution in [0, 0.1) is 0 Å². The number of nitrogens with zero attached hydrogens (tertiary/aromatic N) is 1. The second-order valence-electron chi connectivity index (χ2n) is 3.61. The first-order valence-corrected chi connectivity index (χ1v) is 4.90. The molecule has 84 valence electrons. The van der Waals surface area contributed by atoms with Crippen molar-refractivity contribution in [1.82, 2.24) is 15.3 Å². The van der Waals surface area contributed by atoms with Gasteiger partial charge in [0.2, 0.25) is 0 Å². The number of aliphatic hydroxyl groups is 1. The summed E-state index contributed by atoms with van der Waals surface area (Å²) in [5.74, 6) is -1.93. The number of hydrogen-bond acceptors (Lipinski definition) is 4. The standard InChI is InChI=1S/C11H7N3O3/c15-8-7(10(16)14-11(8)17)6-4-13-9-5(6)2-1-3-12-9/h1-4H,(H,12,13)(H2,14,15,16,17). The van der Waals surface area contributed by atoms with Crippen LogP contribution in [0.1, 0.15) is 5.56 Å². The van der Waals surface area contributed by atoms with Gasteiger partial charge in [0.15, 0.2) is 5.76 Å². The lowest BCUT2D eigenvalue weighted by atomic mass is 10.1. The van der Waals surface area contributed by atoms with Crippen LogP contribution < -0.4 is 5.32 Å².